The average Bonchev–Trinajstić information content (AvgIpc) is 2.70. The molecule has 1 saturated heterocycles. The van der Waals surface area contributed by atoms with Crippen molar-refractivity contribution in [1.82, 2.24) is 4.90 Å². The topological polar surface area (TPSA) is 72.1 Å². The van der Waals surface area contributed by atoms with Crippen molar-refractivity contribution < 1.29 is 9.47 Å². The Kier molecular flexibility index (Phi) is 8.83. The van der Waals surface area contributed by atoms with E-state index in [2.05, 4.69) is 39.5 Å². The normalized spacial score (nSPS) is 16.3. The number of guanidine groups is 1. The summed E-state index contributed by atoms with van der Waals surface area (Å²) in [7, 11) is 1.64. The highest BCUT2D eigenvalue weighted by Crippen LogP contribution is 2.22. The van der Waals surface area contributed by atoms with E-state index in [1.165, 1.54) is 5.56 Å². The van der Waals surface area contributed by atoms with Crippen LogP contribution in [-0.4, -0.2) is 50.8 Å². The van der Waals surface area contributed by atoms with E-state index >= 15 is 0 Å². The minimum Gasteiger partial charge on any atom is -0.497 e. The molecule has 3 N–H and O–H groups in total. The van der Waals surface area contributed by atoms with Gasteiger partial charge in [-0.15, -0.1) is 24.0 Å². The van der Waals surface area contributed by atoms with Gasteiger partial charge in [0.1, 0.15) is 5.75 Å². The van der Waals surface area contributed by atoms with Crippen molar-refractivity contribution in [2.24, 2.45) is 10.7 Å². The molecular weight excluding hydrogens is 455 g/mol. The van der Waals surface area contributed by atoms with Crippen molar-refractivity contribution in [3.63, 3.8) is 0 Å². The van der Waals surface area contributed by atoms with Crippen LogP contribution in [0.2, 0.25) is 0 Å². The lowest BCUT2D eigenvalue weighted by Gasteiger charge is -2.34. The minimum absolute atomic E-state index is 0. The maximum absolute atomic E-state index is 6.11. The van der Waals surface area contributed by atoms with Gasteiger partial charge in [-0.25, -0.2) is 0 Å². The molecule has 1 fully saturated rings. The van der Waals surface area contributed by atoms with E-state index in [-0.39, 0.29) is 30.0 Å². The zero-order chi connectivity index (χ0) is 18.2. The number of hydrogen-bond acceptors (Lipinski definition) is 4. The molecule has 1 unspecified atom stereocenters. The molecule has 2 aromatic carbocycles. The van der Waals surface area contributed by atoms with E-state index in [1.54, 1.807) is 7.11 Å². The third kappa shape index (κ3) is 6.37. The molecule has 1 aliphatic rings. The molecule has 0 bridgehead atoms. The average molecular weight is 482 g/mol. The number of halogens is 1. The molecule has 1 atom stereocenters. The molecule has 7 heteroatoms. The van der Waals surface area contributed by atoms with Gasteiger partial charge in [0.2, 0.25) is 0 Å². The molecule has 0 aliphatic carbocycles. The standard InChI is InChI=1S/C20H26N4O2.HI/c1-25-18-9-5-8-17(14-18)23-20(21)22-15-19(16-6-3-2-4-7-16)24-10-12-26-13-11-24;/h2-9,14,19H,10-13,15H2,1H3,(H3,21,22,23);1H. The fraction of sp³-hybridized carbons (Fsp3) is 0.350. The Morgan fingerprint density at radius 3 is 2.63 bits per heavy atom. The van der Waals surface area contributed by atoms with Crippen molar-refractivity contribution in [2.75, 3.05) is 45.3 Å². The summed E-state index contributed by atoms with van der Waals surface area (Å²) in [6.45, 7) is 3.90. The van der Waals surface area contributed by atoms with Crippen LogP contribution < -0.4 is 15.8 Å². The summed E-state index contributed by atoms with van der Waals surface area (Å²) in [5.41, 5.74) is 8.21. The summed E-state index contributed by atoms with van der Waals surface area (Å²) in [6, 6.07) is 18.2. The highest BCUT2D eigenvalue weighted by Gasteiger charge is 2.22. The van der Waals surface area contributed by atoms with E-state index in [9.17, 15) is 0 Å². The van der Waals surface area contributed by atoms with Gasteiger partial charge in [0.25, 0.3) is 0 Å². The maximum atomic E-state index is 6.11. The molecule has 1 aliphatic heterocycles. The number of anilines is 1. The van der Waals surface area contributed by atoms with Crippen molar-refractivity contribution in [3.05, 3.63) is 60.2 Å². The number of nitrogens with two attached hydrogens (primary N) is 1. The van der Waals surface area contributed by atoms with Crippen LogP contribution in [0.15, 0.2) is 59.6 Å². The Morgan fingerprint density at radius 1 is 1.19 bits per heavy atom. The van der Waals surface area contributed by atoms with Crippen LogP contribution in [0.4, 0.5) is 5.69 Å². The molecule has 0 saturated carbocycles. The van der Waals surface area contributed by atoms with Gasteiger partial charge < -0.3 is 20.5 Å². The van der Waals surface area contributed by atoms with E-state index in [1.807, 2.05) is 30.3 Å². The number of hydrogen-bond donors (Lipinski definition) is 2. The Labute approximate surface area is 177 Å². The first-order chi connectivity index (χ1) is 12.8. The highest BCUT2D eigenvalue weighted by atomic mass is 127. The van der Waals surface area contributed by atoms with Crippen molar-refractivity contribution in [3.8, 4) is 5.75 Å². The van der Waals surface area contributed by atoms with Crippen LogP contribution in [0.3, 0.4) is 0 Å². The van der Waals surface area contributed by atoms with E-state index in [0.29, 0.717) is 12.5 Å². The summed E-state index contributed by atoms with van der Waals surface area (Å²) >= 11 is 0. The molecule has 0 amide bonds. The third-order valence-corrected chi connectivity index (χ3v) is 4.45. The number of nitrogens with one attached hydrogen (secondary N) is 1. The molecule has 27 heavy (non-hydrogen) atoms. The number of rotatable bonds is 6. The van der Waals surface area contributed by atoms with Crippen LogP contribution in [0, 0.1) is 0 Å². The van der Waals surface area contributed by atoms with Gasteiger partial charge in [0.05, 0.1) is 32.9 Å². The second kappa shape index (κ2) is 11.1. The molecule has 2 aromatic rings. The number of methoxy groups -OCH3 is 1. The Morgan fingerprint density at radius 2 is 1.93 bits per heavy atom. The molecule has 0 radical (unpaired) electrons. The Hall–Kier alpha value is -1.84. The van der Waals surface area contributed by atoms with Gasteiger partial charge >= 0.3 is 0 Å². The first kappa shape index (κ1) is 21.5. The maximum Gasteiger partial charge on any atom is 0.193 e. The predicted molar refractivity (Wildman–Crippen MR) is 120 cm³/mol. The van der Waals surface area contributed by atoms with E-state index in [4.69, 9.17) is 15.2 Å². The fourth-order valence-corrected chi connectivity index (χ4v) is 3.07. The Balaban J connectivity index is 0.00000261. The van der Waals surface area contributed by atoms with Gasteiger partial charge in [-0.3, -0.25) is 9.89 Å². The smallest absolute Gasteiger partial charge is 0.193 e. The first-order valence-corrected chi connectivity index (χ1v) is 8.84. The van der Waals surface area contributed by atoms with Gasteiger partial charge in [-0.2, -0.15) is 0 Å². The monoisotopic (exact) mass is 482 g/mol. The van der Waals surface area contributed by atoms with E-state index in [0.717, 1.165) is 37.7 Å². The second-order valence-electron chi connectivity index (χ2n) is 6.16. The lowest BCUT2D eigenvalue weighted by atomic mass is 10.1. The summed E-state index contributed by atoms with van der Waals surface area (Å²) in [5, 5.41) is 3.13. The SMILES string of the molecule is COc1cccc(NC(N)=NCC(c2ccccc2)N2CCOCC2)c1.I. The number of aliphatic imine (C=N–C) groups is 1. The number of benzene rings is 2. The molecule has 3 rings (SSSR count). The predicted octanol–water partition coefficient (Wildman–Crippen LogP) is 3.11. The number of ether oxygens (including phenoxy) is 2. The quantitative estimate of drug-likeness (QED) is 0.376. The van der Waals surface area contributed by atoms with E-state index < -0.39 is 0 Å². The zero-order valence-corrected chi connectivity index (χ0v) is 17.8. The van der Waals surface area contributed by atoms with Crippen molar-refractivity contribution in [2.45, 2.75) is 6.04 Å². The van der Waals surface area contributed by atoms with Crippen LogP contribution in [0.5, 0.6) is 5.75 Å². The van der Waals surface area contributed by atoms with Gasteiger partial charge in [-0.05, 0) is 17.7 Å². The molecule has 6 nitrogen and oxygen atoms in total. The van der Waals surface area contributed by atoms with Gasteiger partial charge in [0.15, 0.2) is 5.96 Å². The van der Waals surface area contributed by atoms with Crippen LogP contribution in [-0.2, 0) is 4.74 Å². The van der Waals surface area contributed by atoms with Crippen LogP contribution >= 0.6 is 24.0 Å². The lowest BCUT2D eigenvalue weighted by molar-refractivity contribution is 0.0180. The fourth-order valence-electron chi connectivity index (χ4n) is 3.07. The lowest BCUT2D eigenvalue weighted by Crippen LogP contribution is -2.40. The summed E-state index contributed by atoms with van der Waals surface area (Å²) in [5.74, 6) is 1.17. The van der Waals surface area contributed by atoms with Gasteiger partial charge in [-0.1, -0.05) is 36.4 Å². The summed E-state index contributed by atoms with van der Waals surface area (Å²) < 4.78 is 10.7. The zero-order valence-electron chi connectivity index (χ0n) is 15.5. The largest absolute Gasteiger partial charge is 0.497 e. The molecule has 146 valence electrons. The van der Waals surface area contributed by atoms with Gasteiger partial charge in [0, 0.05) is 24.8 Å². The van der Waals surface area contributed by atoms with Crippen molar-refractivity contribution in [1.29, 1.82) is 0 Å². The third-order valence-electron chi connectivity index (χ3n) is 4.45. The van der Waals surface area contributed by atoms with Crippen LogP contribution in [0.25, 0.3) is 0 Å². The molecule has 0 spiro atoms. The minimum atomic E-state index is 0. The number of nitrogens with zero attached hydrogens (tertiary/aromatic N) is 2. The van der Waals surface area contributed by atoms with Crippen LogP contribution in [0.1, 0.15) is 11.6 Å². The highest BCUT2D eigenvalue weighted by molar-refractivity contribution is 14.0. The number of morpholine rings is 1. The summed E-state index contributed by atoms with van der Waals surface area (Å²) in [6.07, 6.45) is 0. The second-order valence-corrected chi connectivity index (χ2v) is 6.16. The van der Waals surface area contributed by atoms with Crippen molar-refractivity contribution >= 4 is 35.6 Å². The molecular formula is C20H27IN4O2. The summed E-state index contributed by atoms with van der Waals surface area (Å²) in [4.78, 5) is 6.99. The Bertz CT molecular complexity index is 721. The first-order valence-electron chi connectivity index (χ1n) is 8.84. The molecule has 0 aromatic heterocycles. The molecule has 1 heterocycles.